The quantitative estimate of drug-likeness (QED) is 0.294. The molecule has 1 heterocycles. The molecule has 1 fully saturated rings. The second-order valence-corrected chi connectivity index (χ2v) is 9.34. The lowest BCUT2D eigenvalue weighted by Crippen LogP contribution is -2.25. The number of benzene rings is 3. The fourth-order valence-electron chi connectivity index (χ4n) is 4.88. The Morgan fingerprint density at radius 1 is 0.886 bits per heavy atom. The van der Waals surface area contributed by atoms with Crippen molar-refractivity contribution in [1.82, 2.24) is 0 Å². The summed E-state index contributed by atoms with van der Waals surface area (Å²) in [7, 11) is 0. The van der Waals surface area contributed by atoms with Crippen LogP contribution < -0.4 is 0 Å². The van der Waals surface area contributed by atoms with Gasteiger partial charge in [-0.15, -0.1) is 0 Å². The summed E-state index contributed by atoms with van der Waals surface area (Å²) in [5.74, 6) is -1.76. The van der Waals surface area contributed by atoms with Gasteiger partial charge >= 0.3 is 0 Å². The average molecular weight is 479 g/mol. The van der Waals surface area contributed by atoms with Gasteiger partial charge in [-0.05, 0) is 72.9 Å². The fraction of sp³-hybridized carbons (Fsp3) is 0.355. The Morgan fingerprint density at radius 2 is 1.63 bits per heavy atom. The van der Waals surface area contributed by atoms with E-state index in [2.05, 4.69) is 12.2 Å². The molecule has 1 nitrogen and oxygen atoms in total. The van der Waals surface area contributed by atoms with Crippen LogP contribution in [0.15, 0.2) is 66.7 Å². The highest BCUT2D eigenvalue weighted by molar-refractivity contribution is 5.71. The Kier molecular flexibility index (Phi) is 8.46. The van der Waals surface area contributed by atoms with Crippen molar-refractivity contribution in [3.63, 3.8) is 0 Å². The molecule has 1 aliphatic rings. The third-order valence-corrected chi connectivity index (χ3v) is 6.91. The number of hydrogen-bond donors (Lipinski definition) is 0. The van der Waals surface area contributed by atoms with Gasteiger partial charge in [-0.2, -0.15) is 0 Å². The molecule has 1 saturated heterocycles. The fourth-order valence-corrected chi connectivity index (χ4v) is 4.88. The summed E-state index contributed by atoms with van der Waals surface area (Å²) < 4.78 is 50.1. The number of hydrogen-bond acceptors (Lipinski definition) is 1. The van der Waals surface area contributed by atoms with Crippen LogP contribution >= 0.6 is 0 Å². The van der Waals surface area contributed by atoms with Crippen LogP contribution in [0.3, 0.4) is 0 Å². The molecule has 3 aromatic rings. The maximum absolute atomic E-state index is 15.1. The Morgan fingerprint density at radius 3 is 2.29 bits per heavy atom. The van der Waals surface area contributed by atoms with Gasteiger partial charge in [0.05, 0.1) is 12.7 Å². The van der Waals surface area contributed by atoms with Crippen molar-refractivity contribution < 1.29 is 17.9 Å². The lowest BCUT2D eigenvalue weighted by molar-refractivity contribution is -0.000797. The van der Waals surface area contributed by atoms with Crippen molar-refractivity contribution >= 4 is 0 Å². The highest BCUT2D eigenvalue weighted by Crippen LogP contribution is 2.34. The van der Waals surface area contributed by atoms with Gasteiger partial charge in [0, 0.05) is 11.5 Å². The zero-order valence-electron chi connectivity index (χ0n) is 20.5. The molecule has 0 N–H and O–H groups in total. The second kappa shape index (κ2) is 11.7. The van der Waals surface area contributed by atoms with Crippen LogP contribution in [0.25, 0.3) is 22.3 Å². The molecule has 184 valence electrons. The lowest BCUT2D eigenvalue weighted by atomic mass is 9.88. The van der Waals surface area contributed by atoms with Crippen LogP contribution in [0.2, 0.25) is 0 Å². The zero-order chi connectivity index (χ0) is 24.8. The van der Waals surface area contributed by atoms with Gasteiger partial charge < -0.3 is 4.74 Å². The minimum Gasteiger partial charge on any atom is -0.378 e. The highest BCUT2D eigenvalue weighted by atomic mass is 19.2. The molecular formula is C31H33F3O. The molecule has 0 aliphatic carbocycles. The normalized spacial score (nSPS) is 18.3. The van der Waals surface area contributed by atoms with Gasteiger partial charge in [-0.25, -0.2) is 13.2 Å². The average Bonchev–Trinajstić information content (AvgIpc) is 2.88. The highest BCUT2D eigenvalue weighted by Gasteiger charge is 2.24. The van der Waals surface area contributed by atoms with E-state index < -0.39 is 11.6 Å². The predicted octanol–water partition coefficient (Wildman–Crippen LogP) is 9.01. The van der Waals surface area contributed by atoms with E-state index in [0.29, 0.717) is 29.7 Å². The summed E-state index contributed by atoms with van der Waals surface area (Å²) >= 11 is 0. The summed E-state index contributed by atoms with van der Waals surface area (Å²) in [5.41, 5.74) is 3.50. The van der Waals surface area contributed by atoms with E-state index in [1.807, 2.05) is 38.1 Å². The first-order valence-corrected chi connectivity index (χ1v) is 12.6. The third-order valence-electron chi connectivity index (χ3n) is 6.91. The van der Waals surface area contributed by atoms with Crippen LogP contribution in [-0.2, 0) is 11.2 Å². The molecule has 0 radical (unpaired) electrons. The van der Waals surface area contributed by atoms with E-state index in [0.717, 1.165) is 43.2 Å². The van der Waals surface area contributed by atoms with E-state index in [4.69, 9.17) is 4.74 Å². The number of rotatable bonds is 8. The van der Waals surface area contributed by atoms with Crippen molar-refractivity contribution in [3.8, 4) is 22.3 Å². The molecule has 4 rings (SSSR count). The van der Waals surface area contributed by atoms with Crippen molar-refractivity contribution in [3.05, 3.63) is 95.3 Å². The maximum atomic E-state index is 15.1. The SMILES string of the molecule is C/C=C/CCC1CCC(c2ccc(-c3ccc(-c4ccc(CCC)c(F)c4F)cc3)cc2F)CO1. The minimum absolute atomic E-state index is 0.0675. The Labute approximate surface area is 206 Å². The first kappa shape index (κ1) is 25.2. The molecule has 0 saturated carbocycles. The van der Waals surface area contributed by atoms with Gasteiger partial charge in [-0.1, -0.05) is 74.0 Å². The monoisotopic (exact) mass is 478 g/mol. The van der Waals surface area contributed by atoms with E-state index >= 15 is 4.39 Å². The summed E-state index contributed by atoms with van der Waals surface area (Å²) in [4.78, 5) is 0. The first-order chi connectivity index (χ1) is 17.0. The molecule has 2 unspecified atom stereocenters. The number of ether oxygens (including phenoxy) is 1. The second-order valence-electron chi connectivity index (χ2n) is 9.34. The molecule has 3 aromatic carbocycles. The standard InChI is InChI=1S/C31H33F3O/c1-3-5-6-8-26-16-13-25(20-35-26)27-17-15-24(19-29(27)32)21-9-11-22(12-10-21)28-18-14-23(7-4-2)30(33)31(28)34/h3,5,9-12,14-15,17-19,25-26H,4,6-8,13,16,20H2,1-2H3/b5-3+. The van der Waals surface area contributed by atoms with Crippen LogP contribution in [0.5, 0.6) is 0 Å². The first-order valence-electron chi connectivity index (χ1n) is 12.6. The third kappa shape index (κ3) is 5.87. The van der Waals surface area contributed by atoms with Gasteiger partial charge in [0.15, 0.2) is 11.6 Å². The van der Waals surface area contributed by atoms with Crippen LogP contribution in [-0.4, -0.2) is 12.7 Å². The van der Waals surface area contributed by atoms with Crippen molar-refractivity contribution in [2.75, 3.05) is 6.61 Å². The van der Waals surface area contributed by atoms with Crippen molar-refractivity contribution in [2.24, 2.45) is 0 Å². The summed E-state index contributed by atoms with van der Waals surface area (Å²) in [6.07, 6.45) is 9.61. The van der Waals surface area contributed by atoms with Crippen molar-refractivity contribution in [1.29, 1.82) is 0 Å². The molecule has 0 aromatic heterocycles. The predicted molar refractivity (Wildman–Crippen MR) is 137 cm³/mol. The minimum atomic E-state index is -0.821. The molecule has 0 bridgehead atoms. The Hall–Kier alpha value is -2.85. The number of halogens is 3. The van der Waals surface area contributed by atoms with Gasteiger partial charge in [0.2, 0.25) is 0 Å². The molecule has 4 heteroatoms. The van der Waals surface area contributed by atoms with E-state index in [-0.39, 0.29) is 23.4 Å². The van der Waals surface area contributed by atoms with E-state index in [9.17, 15) is 8.78 Å². The van der Waals surface area contributed by atoms with Gasteiger partial charge in [0.25, 0.3) is 0 Å². The van der Waals surface area contributed by atoms with Gasteiger partial charge in [0.1, 0.15) is 5.82 Å². The summed E-state index contributed by atoms with van der Waals surface area (Å²) in [5, 5.41) is 0. The summed E-state index contributed by atoms with van der Waals surface area (Å²) in [6.45, 7) is 4.50. The lowest BCUT2D eigenvalue weighted by Gasteiger charge is -2.29. The summed E-state index contributed by atoms with van der Waals surface area (Å²) in [6, 6.07) is 15.8. The van der Waals surface area contributed by atoms with Crippen LogP contribution in [0, 0.1) is 17.5 Å². The number of allylic oxidation sites excluding steroid dienone is 2. The maximum Gasteiger partial charge on any atom is 0.166 e. The smallest absolute Gasteiger partial charge is 0.166 e. The van der Waals surface area contributed by atoms with Crippen molar-refractivity contribution in [2.45, 2.75) is 64.4 Å². The zero-order valence-corrected chi connectivity index (χ0v) is 20.5. The van der Waals surface area contributed by atoms with E-state index in [1.165, 1.54) is 0 Å². The van der Waals surface area contributed by atoms with E-state index in [1.54, 1.807) is 30.3 Å². The van der Waals surface area contributed by atoms with Gasteiger partial charge in [-0.3, -0.25) is 0 Å². The van der Waals surface area contributed by atoms with Crippen LogP contribution in [0.1, 0.15) is 63.0 Å². The topological polar surface area (TPSA) is 9.23 Å². The Balaban J connectivity index is 1.45. The molecular weight excluding hydrogens is 445 g/mol. The molecule has 0 spiro atoms. The molecule has 0 amide bonds. The Bertz CT molecular complexity index is 1160. The largest absolute Gasteiger partial charge is 0.378 e. The molecule has 1 aliphatic heterocycles. The number of aryl methyl sites for hydroxylation is 1. The van der Waals surface area contributed by atoms with Crippen LogP contribution in [0.4, 0.5) is 13.2 Å². The molecule has 2 atom stereocenters. The molecule has 35 heavy (non-hydrogen) atoms.